The summed E-state index contributed by atoms with van der Waals surface area (Å²) in [5.41, 5.74) is 8.94. The summed E-state index contributed by atoms with van der Waals surface area (Å²) in [6.45, 7) is 4.17. The minimum Gasteiger partial charge on any atom is -0.372 e. The van der Waals surface area contributed by atoms with Gasteiger partial charge in [-0.3, -0.25) is 0 Å². The van der Waals surface area contributed by atoms with Crippen molar-refractivity contribution in [3.63, 3.8) is 0 Å². The third kappa shape index (κ3) is 3.65. The molecule has 2 nitrogen and oxygen atoms in total. The lowest BCUT2D eigenvalue weighted by Crippen LogP contribution is -2.26. The fraction of sp³-hybridized carbons (Fsp3) is 0.294. The summed E-state index contributed by atoms with van der Waals surface area (Å²) in [5, 5.41) is 0. The number of benzene rings is 2. The highest BCUT2D eigenvalue weighted by atomic mass is 19.1. The number of aryl methyl sites for hydroxylation is 1. The molecule has 2 atom stereocenters. The molecule has 0 aliphatic carbocycles. The molecule has 2 unspecified atom stereocenters. The van der Waals surface area contributed by atoms with Gasteiger partial charge in [-0.1, -0.05) is 48.0 Å². The molecule has 0 aromatic heterocycles. The smallest absolute Gasteiger partial charge is 0.128 e. The normalized spacial score (nSPS) is 14.0. The molecule has 0 fully saturated rings. The maximum atomic E-state index is 13.5. The van der Waals surface area contributed by atoms with Crippen molar-refractivity contribution in [2.45, 2.75) is 32.6 Å². The summed E-state index contributed by atoms with van der Waals surface area (Å²) in [5.74, 6) is -0.247. The van der Waals surface area contributed by atoms with Gasteiger partial charge in [0.25, 0.3) is 0 Å². The Morgan fingerprint density at radius 1 is 1.10 bits per heavy atom. The standard InChI is InChI=1S/C17H20FNO/c1-12-7-9-14(10-8-12)17(19)13(2)20-11-15-5-3-4-6-16(15)18/h3-10,13,17H,11,19H2,1-2H3. The van der Waals surface area contributed by atoms with Crippen molar-refractivity contribution in [1.82, 2.24) is 0 Å². The highest BCUT2D eigenvalue weighted by Crippen LogP contribution is 2.19. The van der Waals surface area contributed by atoms with Crippen molar-refractivity contribution in [3.8, 4) is 0 Å². The van der Waals surface area contributed by atoms with Gasteiger partial charge >= 0.3 is 0 Å². The zero-order chi connectivity index (χ0) is 14.5. The molecule has 0 radical (unpaired) electrons. The lowest BCUT2D eigenvalue weighted by atomic mass is 10.0. The molecule has 0 amide bonds. The third-order valence-electron chi connectivity index (χ3n) is 3.43. The predicted molar refractivity (Wildman–Crippen MR) is 78.8 cm³/mol. The number of ether oxygens (including phenoxy) is 1. The number of nitrogens with two attached hydrogens (primary N) is 1. The summed E-state index contributed by atoms with van der Waals surface area (Å²) in [4.78, 5) is 0. The van der Waals surface area contributed by atoms with Gasteiger partial charge in [0.2, 0.25) is 0 Å². The van der Waals surface area contributed by atoms with Gasteiger partial charge in [0.15, 0.2) is 0 Å². The van der Waals surface area contributed by atoms with Crippen LogP contribution in [0.15, 0.2) is 48.5 Å². The van der Waals surface area contributed by atoms with Gasteiger partial charge in [-0.25, -0.2) is 4.39 Å². The van der Waals surface area contributed by atoms with Gasteiger partial charge in [0.05, 0.1) is 18.8 Å². The molecule has 2 aromatic carbocycles. The molecule has 2 rings (SSSR count). The Kier molecular flexibility index (Phi) is 4.88. The van der Waals surface area contributed by atoms with E-state index in [9.17, 15) is 4.39 Å². The van der Waals surface area contributed by atoms with Crippen molar-refractivity contribution in [2.24, 2.45) is 5.73 Å². The van der Waals surface area contributed by atoms with E-state index in [0.717, 1.165) is 5.56 Å². The fourth-order valence-electron chi connectivity index (χ4n) is 2.00. The van der Waals surface area contributed by atoms with Crippen molar-refractivity contribution in [1.29, 1.82) is 0 Å². The number of rotatable bonds is 5. The lowest BCUT2D eigenvalue weighted by molar-refractivity contribution is 0.0342. The van der Waals surface area contributed by atoms with Crippen LogP contribution in [0.3, 0.4) is 0 Å². The van der Waals surface area contributed by atoms with Gasteiger partial charge in [-0.05, 0) is 25.5 Å². The Labute approximate surface area is 119 Å². The molecule has 0 aliphatic rings. The van der Waals surface area contributed by atoms with Crippen LogP contribution in [0.5, 0.6) is 0 Å². The van der Waals surface area contributed by atoms with Gasteiger partial charge in [-0.2, -0.15) is 0 Å². The number of halogens is 1. The fourth-order valence-corrected chi connectivity index (χ4v) is 2.00. The van der Waals surface area contributed by atoms with E-state index in [-0.39, 0.29) is 24.6 Å². The third-order valence-corrected chi connectivity index (χ3v) is 3.43. The summed E-state index contributed by atoms with van der Waals surface area (Å²) in [6, 6.07) is 14.5. The van der Waals surface area contributed by atoms with E-state index in [1.165, 1.54) is 11.6 Å². The van der Waals surface area contributed by atoms with Gasteiger partial charge in [0, 0.05) is 5.56 Å². The minimum absolute atomic E-state index is 0.183. The van der Waals surface area contributed by atoms with Gasteiger partial charge in [0.1, 0.15) is 5.82 Å². The first-order valence-corrected chi connectivity index (χ1v) is 6.75. The molecule has 0 saturated carbocycles. The zero-order valence-corrected chi connectivity index (χ0v) is 11.8. The van der Waals surface area contributed by atoms with Crippen molar-refractivity contribution >= 4 is 0 Å². The Balaban J connectivity index is 1.96. The first-order chi connectivity index (χ1) is 9.58. The van der Waals surface area contributed by atoms with E-state index in [2.05, 4.69) is 0 Å². The lowest BCUT2D eigenvalue weighted by Gasteiger charge is -2.21. The average Bonchev–Trinajstić information content (AvgIpc) is 2.46. The van der Waals surface area contributed by atoms with Crippen LogP contribution in [0.1, 0.15) is 29.7 Å². The van der Waals surface area contributed by atoms with Crippen LogP contribution in [0.25, 0.3) is 0 Å². The maximum Gasteiger partial charge on any atom is 0.128 e. The molecule has 0 spiro atoms. The quantitative estimate of drug-likeness (QED) is 0.900. The summed E-state index contributed by atoms with van der Waals surface area (Å²) in [6.07, 6.45) is -0.183. The summed E-state index contributed by atoms with van der Waals surface area (Å²) >= 11 is 0. The molecule has 2 N–H and O–H groups in total. The summed E-state index contributed by atoms with van der Waals surface area (Å²) < 4.78 is 19.2. The van der Waals surface area contributed by atoms with Crippen LogP contribution in [-0.2, 0) is 11.3 Å². The Hall–Kier alpha value is -1.71. The molecule has 0 bridgehead atoms. The van der Waals surface area contributed by atoms with Gasteiger partial charge in [-0.15, -0.1) is 0 Å². The monoisotopic (exact) mass is 273 g/mol. The first kappa shape index (κ1) is 14.7. The molecular formula is C17H20FNO. The predicted octanol–water partition coefficient (Wildman–Crippen LogP) is 3.74. The van der Waals surface area contributed by atoms with E-state index in [1.807, 2.05) is 38.1 Å². The van der Waals surface area contributed by atoms with E-state index < -0.39 is 0 Å². The molecule has 20 heavy (non-hydrogen) atoms. The van der Waals surface area contributed by atoms with Crippen molar-refractivity contribution < 1.29 is 9.13 Å². The molecule has 3 heteroatoms. The van der Waals surface area contributed by atoms with E-state index in [1.54, 1.807) is 18.2 Å². The van der Waals surface area contributed by atoms with Crippen LogP contribution in [0.2, 0.25) is 0 Å². The topological polar surface area (TPSA) is 35.2 Å². The molecule has 0 heterocycles. The minimum atomic E-state index is -0.247. The van der Waals surface area contributed by atoms with Crippen LogP contribution in [-0.4, -0.2) is 6.10 Å². The SMILES string of the molecule is Cc1ccc(C(N)C(C)OCc2ccccc2F)cc1. The molecule has 0 aliphatic heterocycles. The second-order valence-electron chi connectivity index (χ2n) is 5.04. The van der Waals surface area contributed by atoms with E-state index in [0.29, 0.717) is 5.56 Å². The number of hydrogen-bond acceptors (Lipinski definition) is 2. The van der Waals surface area contributed by atoms with Crippen LogP contribution in [0, 0.1) is 12.7 Å². The second kappa shape index (κ2) is 6.64. The van der Waals surface area contributed by atoms with Gasteiger partial charge < -0.3 is 10.5 Å². The second-order valence-corrected chi connectivity index (χ2v) is 5.04. The molecule has 2 aromatic rings. The van der Waals surface area contributed by atoms with Crippen molar-refractivity contribution in [2.75, 3.05) is 0 Å². The Bertz CT molecular complexity index is 553. The van der Waals surface area contributed by atoms with E-state index in [4.69, 9.17) is 10.5 Å². The highest BCUT2D eigenvalue weighted by molar-refractivity contribution is 5.24. The zero-order valence-electron chi connectivity index (χ0n) is 11.8. The van der Waals surface area contributed by atoms with Crippen LogP contribution in [0.4, 0.5) is 4.39 Å². The van der Waals surface area contributed by atoms with Crippen LogP contribution < -0.4 is 5.73 Å². The Morgan fingerprint density at radius 3 is 2.40 bits per heavy atom. The van der Waals surface area contributed by atoms with E-state index >= 15 is 0 Å². The Morgan fingerprint density at radius 2 is 1.75 bits per heavy atom. The van der Waals surface area contributed by atoms with Crippen LogP contribution >= 0.6 is 0 Å². The number of hydrogen-bond donors (Lipinski definition) is 1. The summed E-state index contributed by atoms with van der Waals surface area (Å²) in [7, 11) is 0. The first-order valence-electron chi connectivity index (χ1n) is 6.75. The average molecular weight is 273 g/mol. The van der Waals surface area contributed by atoms with Crippen molar-refractivity contribution in [3.05, 3.63) is 71.0 Å². The molecular weight excluding hydrogens is 253 g/mol. The largest absolute Gasteiger partial charge is 0.372 e. The maximum absolute atomic E-state index is 13.5. The molecule has 0 saturated heterocycles. The highest BCUT2D eigenvalue weighted by Gasteiger charge is 2.16. The molecule has 106 valence electrons.